The van der Waals surface area contributed by atoms with Crippen LogP contribution in [-0.4, -0.2) is 94.3 Å². The Morgan fingerprint density at radius 3 is 2.37 bits per heavy atom. The largest absolute Gasteiger partial charge is 0.506 e. The van der Waals surface area contributed by atoms with Gasteiger partial charge in [-0.25, -0.2) is 9.37 Å². The molecule has 3 heterocycles. The fourth-order valence-corrected chi connectivity index (χ4v) is 5.43. The number of para-hydroxylation sites is 1. The number of pyridine rings is 1. The number of alkyl halides is 3. The fraction of sp³-hybridized carbons (Fsp3) is 0.448. The Morgan fingerprint density at radius 1 is 1.16 bits per heavy atom. The van der Waals surface area contributed by atoms with E-state index in [1.165, 1.54) is 6.08 Å². The molecule has 0 bridgehead atoms. The van der Waals surface area contributed by atoms with Crippen LogP contribution in [0, 0.1) is 5.82 Å². The number of aromatic hydroxyl groups is 1. The lowest BCUT2D eigenvalue weighted by Crippen LogP contribution is -2.49. The van der Waals surface area contributed by atoms with Crippen molar-refractivity contribution in [2.24, 2.45) is 0 Å². The van der Waals surface area contributed by atoms with E-state index in [0.717, 1.165) is 31.3 Å². The predicted molar refractivity (Wildman–Crippen MR) is 156 cm³/mol. The van der Waals surface area contributed by atoms with E-state index in [9.17, 15) is 32.3 Å². The molecule has 3 aromatic rings. The second kappa shape index (κ2) is 12.6. The van der Waals surface area contributed by atoms with Crippen molar-refractivity contribution in [1.82, 2.24) is 24.3 Å². The molecule has 1 saturated heterocycles. The number of halogens is 4. The Morgan fingerprint density at radius 2 is 1.81 bits per heavy atom. The summed E-state index contributed by atoms with van der Waals surface area (Å²) >= 11 is 0. The maximum absolute atomic E-state index is 14.9. The molecule has 2 aromatic heterocycles. The van der Waals surface area contributed by atoms with Gasteiger partial charge in [-0.15, -0.1) is 0 Å². The number of hydrogen-bond donors (Lipinski definition) is 1. The molecule has 1 fully saturated rings. The second-order valence-electron chi connectivity index (χ2n) is 10.4. The van der Waals surface area contributed by atoms with Gasteiger partial charge in [0.05, 0.1) is 5.39 Å². The summed E-state index contributed by atoms with van der Waals surface area (Å²) in [4.78, 5) is 42.3. The van der Waals surface area contributed by atoms with Crippen molar-refractivity contribution in [3.8, 4) is 11.4 Å². The van der Waals surface area contributed by atoms with Crippen LogP contribution >= 0.6 is 0 Å². The summed E-state index contributed by atoms with van der Waals surface area (Å²) < 4.78 is 58.4. The van der Waals surface area contributed by atoms with Gasteiger partial charge in [-0.05, 0) is 44.3 Å². The van der Waals surface area contributed by atoms with Gasteiger partial charge >= 0.3 is 6.18 Å². The molecule has 1 amide bonds. The van der Waals surface area contributed by atoms with Crippen molar-refractivity contribution < 1.29 is 27.5 Å². The minimum absolute atomic E-state index is 0.0517. The maximum Gasteiger partial charge on any atom is 0.431 e. The van der Waals surface area contributed by atoms with E-state index >= 15 is 0 Å². The molecule has 0 saturated carbocycles. The van der Waals surface area contributed by atoms with Crippen LogP contribution < -0.4 is 15.4 Å². The van der Waals surface area contributed by atoms with Gasteiger partial charge in [-0.3, -0.25) is 19.1 Å². The third kappa shape index (κ3) is 6.28. The predicted octanol–water partition coefficient (Wildman–Crippen LogP) is 3.65. The summed E-state index contributed by atoms with van der Waals surface area (Å²) in [5, 5.41) is 10.2. The first-order valence-electron chi connectivity index (χ1n) is 14.0. The smallest absolute Gasteiger partial charge is 0.431 e. The minimum Gasteiger partial charge on any atom is -0.506 e. The van der Waals surface area contributed by atoms with Gasteiger partial charge in [0.15, 0.2) is 5.82 Å². The Labute approximate surface area is 246 Å². The highest BCUT2D eigenvalue weighted by molar-refractivity contribution is 5.91. The minimum atomic E-state index is -5.11. The molecule has 1 unspecified atom stereocenters. The molecule has 1 aromatic carbocycles. The van der Waals surface area contributed by atoms with Crippen LogP contribution in [0.5, 0.6) is 5.75 Å². The quantitative estimate of drug-likeness (QED) is 0.292. The first-order valence-corrected chi connectivity index (χ1v) is 14.0. The van der Waals surface area contributed by atoms with E-state index in [2.05, 4.69) is 21.4 Å². The van der Waals surface area contributed by atoms with E-state index in [-0.39, 0.29) is 65.4 Å². The van der Waals surface area contributed by atoms with E-state index < -0.39 is 34.7 Å². The van der Waals surface area contributed by atoms with Crippen molar-refractivity contribution in [2.75, 3.05) is 62.7 Å². The summed E-state index contributed by atoms with van der Waals surface area (Å²) in [7, 11) is 1.72. The summed E-state index contributed by atoms with van der Waals surface area (Å²) in [5.41, 5.74) is -4.06. The standard InChI is InChI=1S/C29H35F4N7O3/c1-6-23(42)38-12-14-39(15-13-38)26-19-16-22(29(31,32)33)40(25-20(30)10-9-11-21(25)41)27(43)24(19)34-28(35-26)36(5)17-18(4)37(7-2)8-3/h6,9-11,16,18,41H,1,7-8,12-15,17H2,2-5H3. The lowest BCUT2D eigenvalue weighted by molar-refractivity contribution is -0.142. The zero-order chi connectivity index (χ0) is 31.6. The number of rotatable bonds is 9. The number of aromatic nitrogens is 3. The highest BCUT2D eigenvalue weighted by Crippen LogP contribution is 2.37. The van der Waals surface area contributed by atoms with E-state index in [0.29, 0.717) is 12.6 Å². The first-order chi connectivity index (χ1) is 20.3. The second-order valence-corrected chi connectivity index (χ2v) is 10.4. The van der Waals surface area contributed by atoms with Gasteiger partial charge in [-0.2, -0.15) is 18.2 Å². The van der Waals surface area contributed by atoms with Gasteiger partial charge in [-0.1, -0.05) is 26.5 Å². The summed E-state index contributed by atoms with van der Waals surface area (Å²) in [6.45, 7) is 12.6. The molecule has 0 aliphatic carbocycles. The molecule has 1 aliphatic rings. The molecule has 0 radical (unpaired) electrons. The summed E-state index contributed by atoms with van der Waals surface area (Å²) in [6, 6.07) is 3.74. The Bertz CT molecular complexity index is 1540. The van der Waals surface area contributed by atoms with Crippen LogP contribution in [-0.2, 0) is 11.0 Å². The number of amides is 1. The Kier molecular flexibility index (Phi) is 9.28. The SMILES string of the molecule is C=CC(=O)N1CCN(c2nc(N(C)CC(C)N(CC)CC)nc3c(=O)n(-c4c(O)cccc4F)c(C(F)(F)F)cc23)CC1. The zero-order valence-electron chi connectivity index (χ0n) is 24.5. The highest BCUT2D eigenvalue weighted by atomic mass is 19.4. The van der Waals surface area contributed by atoms with Crippen LogP contribution in [0.2, 0.25) is 0 Å². The molecule has 4 rings (SSSR count). The van der Waals surface area contributed by atoms with E-state index in [1.807, 2.05) is 20.8 Å². The highest BCUT2D eigenvalue weighted by Gasteiger charge is 2.38. The average molecular weight is 606 g/mol. The summed E-state index contributed by atoms with van der Waals surface area (Å²) in [5.74, 6) is -2.15. The molecule has 232 valence electrons. The number of phenolic OH excluding ortho intramolecular Hbond substituents is 1. The summed E-state index contributed by atoms with van der Waals surface area (Å²) in [6.07, 6.45) is -3.92. The van der Waals surface area contributed by atoms with E-state index in [1.54, 1.807) is 21.7 Å². The molecule has 1 aliphatic heterocycles. The number of fused-ring (bicyclic) bond motifs is 1. The molecule has 1 N–H and O–H groups in total. The molecular weight excluding hydrogens is 570 g/mol. The van der Waals surface area contributed by atoms with Gasteiger partial charge < -0.3 is 19.8 Å². The first kappa shape index (κ1) is 31.7. The lowest BCUT2D eigenvalue weighted by Gasteiger charge is -2.36. The molecule has 43 heavy (non-hydrogen) atoms. The van der Waals surface area contributed by atoms with Crippen molar-refractivity contribution in [2.45, 2.75) is 33.0 Å². The van der Waals surface area contributed by atoms with E-state index in [4.69, 9.17) is 0 Å². The number of hydrogen-bond acceptors (Lipinski definition) is 8. The van der Waals surface area contributed by atoms with Crippen molar-refractivity contribution in [1.29, 1.82) is 0 Å². The molecule has 10 nitrogen and oxygen atoms in total. The van der Waals surface area contributed by atoms with Crippen LogP contribution in [0.4, 0.5) is 29.3 Å². The van der Waals surface area contributed by atoms with Crippen LogP contribution in [0.3, 0.4) is 0 Å². The topological polar surface area (TPSA) is 98.0 Å². The maximum atomic E-state index is 14.9. The van der Waals surface area contributed by atoms with Gasteiger partial charge in [0.1, 0.15) is 28.5 Å². The van der Waals surface area contributed by atoms with Crippen LogP contribution in [0.1, 0.15) is 26.5 Å². The fourth-order valence-electron chi connectivity index (χ4n) is 5.43. The third-order valence-electron chi connectivity index (χ3n) is 7.70. The number of carbonyl (C=O) groups is 1. The Hall–Kier alpha value is -4.20. The monoisotopic (exact) mass is 605 g/mol. The van der Waals surface area contributed by atoms with Crippen molar-refractivity contribution in [3.63, 3.8) is 0 Å². The molecular formula is C29H35F4N7O3. The number of piperazine rings is 1. The Balaban J connectivity index is 1.97. The third-order valence-corrected chi connectivity index (χ3v) is 7.70. The van der Waals surface area contributed by atoms with Crippen LogP contribution in [0.25, 0.3) is 16.6 Å². The molecule has 14 heteroatoms. The van der Waals surface area contributed by atoms with Gasteiger partial charge in [0.25, 0.3) is 5.56 Å². The number of phenols is 1. The number of likely N-dealkylation sites (N-methyl/N-ethyl adjacent to an activating group) is 2. The average Bonchev–Trinajstić information content (AvgIpc) is 2.97. The van der Waals surface area contributed by atoms with Crippen molar-refractivity contribution >= 4 is 28.6 Å². The number of nitrogens with zero attached hydrogens (tertiary/aromatic N) is 7. The zero-order valence-corrected chi connectivity index (χ0v) is 24.5. The normalized spacial score (nSPS) is 14.8. The lowest BCUT2D eigenvalue weighted by atomic mass is 10.1. The van der Waals surface area contributed by atoms with Crippen molar-refractivity contribution in [3.05, 3.63) is 58.8 Å². The molecule has 1 atom stereocenters. The number of benzene rings is 1. The number of anilines is 2. The molecule has 0 spiro atoms. The number of carbonyl (C=O) groups excluding carboxylic acids is 1. The van der Waals surface area contributed by atoms with Gasteiger partial charge in [0, 0.05) is 45.8 Å². The van der Waals surface area contributed by atoms with Crippen LogP contribution in [0.15, 0.2) is 41.7 Å². The van der Waals surface area contributed by atoms with Gasteiger partial charge in [0.2, 0.25) is 11.9 Å².